The van der Waals surface area contributed by atoms with Crippen LogP contribution in [-0.2, 0) is 13.1 Å². The lowest BCUT2D eigenvalue weighted by Crippen LogP contribution is -2.36. The predicted molar refractivity (Wildman–Crippen MR) is 106 cm³/mol. The lowest BCUT2D eigenvalue weighted by atomic mass is 10.1. The number of nitrogens with one attached hydrogen (secondary N) is 2. The molecule has 0 bridgehead atoms. The highest BCUT2D eigenvalue weighted by atomic mass is 19.1. The van der Waals surface area contributed by atoms with Gasteiger partial charge in [-0.25, -0.2) is 9.18 Å². The van der Waals surface area contributed by atoms with Gasteiger partial charge in [0.1, 0.15) is 11.6 Å². The third-order valence-corrected chi connectivity index (χ3v) is 4.88. The fourth-order valence-electron chi connectivity index (χ4n) is 3.19. The van der Waals surface area contributed by atoms with Crippen LogP contribution in [0.2, 0.25) is 0 Å². The Hall–Kier alpha value is -2.80. The van der Waals surface area contributed by atoms with Gasteiger partial charge in [-0.05, 0) is 48.2 Å². The van der Waals surface area contributed by atoms with E-state index >= 15 is 0 Å². The number of aliphatic hydroxyl groups is 1. The van der Waals surface area contributed by atoms with Gasteiger partial charge in [0.25, 0.3) is 0 Å². The quantitative estimate of drug-likeness (QED) is 0.713. The molecule has 0 saturated carbocycles. The first kappa shape index (κ1) is 19.9. The summed E-state index contributed by atoms with van der Waals surface area (Å²) in [5.74, 6) is 0.453. The number of hydrogen-bond donors (Lipinski definition) is 3. The van der Waals surface area contributed by atoms with E-state index in [1.807, 2.05) is 35.2 Å². The second kappa shape index (κ2) is 9.41. The van der Waals surface area contributed by atoms with Crippen LogP contribution in [0.3, 0.4) is 0 Å². The van der Waals surface area contributed by atoms with Crippen molar-refractivity contribution in [1.29, 1.82) is 0 Å². The molecule has 1 aliphatic rings. The Bertz CT molecular complexity index is 790. The number of nitrogens with zero attached hydrogens (tertiary/aromatic N) is 1. The minimum Gasteiger partial charge on any atom is -0.497 e. The molecule has 3 N–H and O–H groups in total. The first-order valence-electron chi connectivity index (χ1n) is 9.41. The molecule has 1 aliphatic heterocycles. The number of rotatable bonds is 6. The van der Waals surface area contributed by atoms with Crippen molar-refractivity contribution in [2.24, 2.45) is 0 Å². The van der Waals surface area contributed by atoms with Crippen LogP contribution < -0.4 is 20.3 Å². The summed E-state index contributed by atoms with van der Waals surface area (Å²) < 4.78 is 19.5. The molecule has 0 radical (unpaired) electrons. The zero-order valence-corrected chi connectivity index (χ0v) is 16.0. The van der Waals surface area contributed by atoms with E-state index in [9.17, 15) is 14.3 Å². The van der Waals surface area contributed by atoms with Gasteiger partial charge >= 0.3 is 6.03 Å². The zero-order valence-electron chi connectivity index (χ0n) is 16.0. The standard InChI is InChI=1S/C21H26FN3O3/c1-28-18-5-2-15(3-6-18)13-23-21(27)24-14-16-4-7-20(19(22)12-16)25-10-8-17(26)9-11-25/h2-7,12,17,26H,8-11,13-14H2,1H3,(H2,23,24,27). The van der Waals surface area contributed by atoms with E-state index in [-0.39, 0.29) is 24.5 Å². The molecule has 150 valence electrons. The number of hydrogen-bond acceptors (Lipinski definition) is 4. The van der Waals surface area contributed by atoms with Gasteiger partial charge in [-0.15, -0.1) is 0 Å². The number of urea groups is 1. The molecular formula is C21H26FN3O3. The van der Waals surface area contributed by atoms with Gasteiger partial charge in [0, 0.05) is 26.2 Å². The van der Waals surface area contributed by atoms with Gasteiger partial charge in [0.2, 0.25) is 0 Å². The average molecular weight is 387 g/mol. The molecule has 7 heteroatoms. The Labute approximate surface area is 164 Å². The van der Waals surface area contributed by atoms with Crippen molar-refractivity contribution < 1.29 is 19.0 Å². The number of amides is 2. The molecule has 6 nitrogen and oxygen atoms in total. The third kappa shape index (κ3) is 5.36. The molecular weight excluding hydrogens is 361 g/mol. The minimum absolute atomic E-state index is 0.240. The smallest absolute Gasteiger partial charge is 0.315 e. The SMILES string of the molecule is COc1ccc(CNC(=O)NCc2ccc(N3CCC(O)CC3)c(F)c2)cc1. The fourth-order valence-corrected chi connectivity index (χ4v) is 3.19. The van der Waals surface area contributed by atoms with Crippen LogP contribution in [0.5, 0.6) is 5.75 Å². The summed E-state index contributed by atoms with van der Waals surface area (Å²) in [5, 5.41) is 15.1. The molecule has 2 amide bonds. The normalized spacial score (nSPS) is 14.6. The minimum atomic E-state index is -0.315. The number of aliphatic hydroxyl groups excluding tert-OH is 1. The van der Waals surface area contributed by atoms with Crippen LogP contribution in [0, 0.1) is 5.82 Å². The summed E-state index contributed by atoms with van der Waals surface area (Å²) in [5.41, 5.74) is 2.19. The molecule has 1 saturated heterocycles. The molecule has 3 rings (SSSR count). The summed E-state index contributed by atoms with van der Waals surface area (Å²) in [6.45, 7) is 1.92. The van der Waals surface area contributed by atoms with E-state index < -0.39 is 0 Å². The molecule has 2 aromatic carbocycles. The number of ether oxygens (including phenoxy) is 1. The maximum absolute atomic E-state index is 14.4. The van der Waals surface area contributed by atoms with Crippen LogP contribution >= 0.6 is 0 Å². The first-order valence-corrected chi connectivity index (χ1v) is 9.41. The first-order chi connectivity index (χ1) is 13.5. The predicted octanol–water partition coefficient (Wildman–Crippen LogP) is 2.79. The van der Waals surface area contributed by atoms with E-state index in [1.54, 1.807) is 13.2 Å². The van der Waals surface area contributed by atoms with Gasteiger partial charge in [-0.2, -0.15) is 0 Å². The van der Waals surface area contributed by atoms with Gasteiger partial charge in [-0.1, -0.05) is 18.2 Å². The highest BCUT2D eigenvalue weighted by Crippen LogP contribution is 2.24. The van der Waals surface area contributed by atoms with Crippen molar-refractivity contribution >= 4 is 11.7 Å². The van der Waals surface area contributed by atoms with Crippen molar-refractivity contribution in [3.63, 3.8) is 0 Å². The lowest BCUT2D eigenvalue weighted by molar-refractivity contribution is 0.145. The van der Waals surface area contributed by atoms with E-state index in [2.05, 4.69) is 10.6 Å². The fraction of sp³-hybridized carbons (Fsp3) is 0.381. The third-order valence-electron chi connectivity index (χ3n) is 4.88. The monoisotopic (exact) mass is 387 g/mol. The largest absolute Gasteiger partial charge is 0.497 e. The maximum atomic E-state index is 14.4. The molecule has 0 atom stereocenters. The number of methoxy groups -OCH3 is 1. The summed E-state index contributed by atoms with van der Waals surface area (Å²) in [7, 11) is 1.60. The molecule has 1 fully saturated rings. The van der Waals surface area contributed by atoms with Gasteiger partial charge in [0.15, 0.2) is 0 Å². The van der Waals surface area contributed by atoms with E-state index in [0.717, 1.165) is 11.3 Å². The molecule has 0 aromatic heterocycles. The van der Waals surface area contributed by atoms with Crippen molar-refractivity contribution in [3.8, 4) is 5.75 Å². The Morgan fingerprint density at radius 2 is 1.71 bits per heavy atom. The molecule has 0 aliphatic carbocycles. The Morgan fingerprint density at radius 1 is 1.11 bits per heavy atom. The van der Waals surface area contributed by atoms with Crippen molar-refractivity contribution in [3.05, 3.63) is 59.4 Å². The topological polar surface area (TPSA) is 73.8 Å². The van der Waals surface area contributed by atoms with Crippen LogP contribution in [0.25, 0.3) is 0 Å². The van der Waals surface area contributed by atoms with Crippen LogP contribution in [0.4, 0.5) is 14.9 Å². The van der Waals surface area contributed by atoms with E-state index in [4.69, 9.17) is 4.74 Å². The highest BCUT2D eigenvalue weighted by molar-refractivity contribution is 5.73. The molecule has 28 heavy (non-hydrogen) atoms. The molecule has 0 spiro atoms. The Kier molecular flexibility index (Phi) is 6.71. The number of carbonyl (C=O) groups is 1. The highest BCUT2D eigenvalue weighted by Gasteiger charge is 2.19. The van der Waals surface area contributed by atoms with Crippen molar-refractivity contribution in [2.45, 2.75) is 32.0 Å². The summed E-state index contributed by atoms with van der Waals surface area (Å²) in [4.78, 5) is 13.9. The van der Waals surface area contributed by atoms with Crippen molar-refractivity contribution in [2.75, 3.05) is 25.1 Å². The van der Waals surface area contributed by atoms with Crippen LogP contribution in [0.1, 0.15) is 24.0 Å². The molecule has 2 aromatic rings. The lowest BCUT2D eigenvalue weighted by Gasteiger charge is -2.31. The summed E-state index contributed by atoms with van der Waals surface area (Å²) in [6.07, 6.45) is 1.01. The van der Waals surface area contributed by atoms with Gasteiger partial charge in [-0.3, -0.25) is 0 Å². The Balaban J connectivity index is 1.47. The number of anilines is 1. The van der Waals surface area contributed by atoms with E-state index in [0.29, 0.717) is 43.7 Å². The van der Waals surface area contributed by atoms with Gasteiger partial charge in [0.05, 0.1) is 18.9 Å². The van der Waals surface area contributed by atoms with Crippen molar-refractivity contribution in [1.82, 2.24) is 10.6 Å². The number of carbonyl (C=O) groups excluding carboxylic acids is 1. The zero-order chi connectivity index (χ0) is 19.9. The number of halogens is 1. The number of benzene rings is 2. The van der Waals surface area contributed by atoms with E-state index in [1.165, 1.54) is 6.07 Å². The summed E-state index contributed by atoms with van der Waals surface area (Å²) in [6, 6.07) is 12.1. The second-order valence-electron chi connectivity index (χ2n) is 6.89. The van der Waals surface area contributed by atoms with Crippen LogP contribution in [0.15, 0.2) is 42.5 Å². The Morgan fingerprint density at radius 3 is 2.32 bits per heavy atom. The molecule has 0 unspecified atom stereocenters. The maximum Gasteiger partial charge on any atom is 0.315 e. The summed E-state index contributed by atoms with van der Waals surface area (Å²) >= 11 is 0. The number of piperidine rings is 1. The average Bonchev–Trinajstić information content (AvgIpc) is 2.72. The van der Waals surface area contributed by atoms with Gasteiger partial charge < -0.3 is 25.4 Å². The molecule has 1 heterocycles. The van der Waals surface area contributed by atoms with Crippen LogP contribution in [-0.4, -0.2) is 37.4 Å². The second-order valence-corrected chi connectivity index (χ2v) is 6.89.